The van der Waals surface area contributed by atoms with E-state index in [0.29, 0.717) is 124 Å². The molecule has 17 rings (SSSR count). The number of hydrogen-bond donors (Lipinski definition) is 5. The third-order valence-corrected chi connectivity index (χ3v) is 22.1. The molecule has 3 aliphatic rings. The fraction of sp³-hybridized carbons (Fsp3) is 0.223. The molecule has 27 heteroatoms. The largest absolute Gasteiger partial charge is 0.459 e. The monoisotopic (exact) mass is 1730 g/mol. The van der Waals surface area contributed by atoms with Crippen molar-refractivity contribution in [1.82, 2.24) is 74.6 Å². The summed E-state index contributed by atoms with van der Waals surface area (Å²) in [6.07, 6.45) is 10.1. The Morgan fingerprint density at radius 2 is 0.654 bits per heavy atom. The van der Waals surface area contributed by atoms with E-state index in [1.807, 2.05) is 176 Å². The maximum atomic E-state index is 13.0. The van der Waals surface area contributed by atoms with Gasteiger partial charge < -0.3 is 65.3 Å². The molecule has 14 aromatic rings. The fourth-order valence-corrected chi connectivity index (χ4v) is 14.7. The third-order valence-electron chi connectivity index (χ3n) is 22.1. The van der Waals surface area contributed by atoms with Gasteiger partial charge in [-0.25, -0.2) is 39.9 Å². The second-order valence-electron chi connectivity index (χ2n) is 32.1. The number of aromatic nitrogens is 8. The van der Waals surface area contributed by atoms with Crippen LogP contribution in [0.2, 0.25) is 0 Å². The fourth-order valence-electron chi connectivity index (χ4n) is 14.7. The number of amides is 6. The number of hydrogen-bond acceptors (Lipinski definition) is 21. The van der Waals surface area contributed by atoms with Crippen LogP contribution in [0.5, 0.6) is 0 Å². The molecule has 0 bridgehead atoms. The second kappa shape index (κ2) is 44.5. The van der Waals surface area contributed by atoms with E-state index < -0.39 is 0 Å². The van der Waals surface area contributed by atoms with Crippen LogP contribution in [-0.4, -0.2) is 210 Å². The van der Waals surface area contributed by atoms with Gasteiger partial charge in [0.05, 0.1) is 29.0 Å². The van der Waals surface area contributed by atoms with Crippen molar-refractivity contribution >= 4 is 87.7 Å². The van der Waals surface area contributed by atoms with Gasteiger partial charge in [0.2, 0.25) is 29.7 Å². The third kappa shape index (κ3) is 25.6. The molecule has 5 aromatic heterocycles. The van der Waals surface area contributed by atoms with Gasteiger partial charge in [0.15, 0.2) is 5.76 Å². The summed E-state index contributed by atoms with van der Waals surface area (Å²) in [6.45, 7) is 18.9. The molecule has 27 nitrogen and oxygen atoms in total. The van der Waals surface area contributed by atoms with Crippen LogP contribution < -0.4 is 31.5 Å². The zero-order valence-corrected chi connectivity index (χ0v) is 74.1. The lowest BCUT2D eigenvalue weighted by atomic mass is 10.1. The van der Waals surface area contributed by atoms with Crippen LogP contribution >= 0.6 is 0 Å². The minimum absolute atomic E-state index is 0.0143. The molecule has 8 heterocycles. The first-order valence-corrected chi connectivity index (χ1v) is 43.5. The van der Waals surface area contributed by atoms with E-state index in [-0.39, 0.29) is 35.4 Å². The summed E-state index contributed by atoms with van der Waals surface area (Å²) >= 11 is 0. The summed E-state index contributed by atoms with van der Waals surface area (Å²) in [5, 5.41) is 15.8. The van der Waals surface area contributed by atoms with Crippen LogP contribution in [0.3, 0.4) is 0 Å². The summed E-state index contributed by atoms with van der Waals surface area (Å²) in [5.41, 5.74) is 19.4. The molecule has 0 unspecified atom stereocenters. The lowest BCUT2D eigenvalue weighted by Gasteiger charge is -2.36. The number of anilines is 9. The van der Waals surface area contributed by atoms with Crippen LogP contribution in [0.25, 0.3) is 45.0 Å². The highest BCUT2D eigenvalue weighted by Gasteiger charge is 2.28. The number of carbonyl (C=O) groups is 6. The summed E-state index contributed by atoms with van der Waals surface area (Å²) in [6, 6.07) is 83.5. The second-order valence-corrected chi connectivity index (χ2v) is 32.1. The van der Waals surface area contributed by atoms with E-state index in [0.717, 1.165) is 100 Å². The van der Waals surface area contributed by atoms with Gasteiger partial charge in [-0.3, -0.25) is 28.8 Å². The Hall–Kier alpha value is -15.6. The van der Waals surface area contributed by atoms with Crippen molar-refractivity contribution in [1.29, 1.82) is 0 Å². The van der Waals surface area contributed by atoms with Crippen molar-refractivity contribution in [2.75, 3.05) is 132 Å². The lowest BCUT2D eigenvalue weighted by Crippen LogP contribution is -2.50. The smallest absolute Gasteiger partial charge is 0.289 e. The molecule has 0 aliphatic carbocycles. The molecule has 3 aliphatic heterocycles. The number of nitrogens with zero attached hydrogens (tertiary/aromatic N) is 15. The number of benzene rings is 9. The number of para-hydroxylation sites is 1. The number of furan rings is 1. The molecule has 0 saturated carbocycles. The quantitative estimate of drug-likeness (QED) is 0.0394. The topological polar surface area (TPSA) is 302 Å². The van der Waals surface area contributed by atoms with Crippen molar-refractivity contribution in [2.45, 2.75) is 47.5 Å². The molecule has 3 saturated heterocycles. The van der Waals surface area contributed by atoms with Crippen molar-refractivity contribution in [3.8, 4) is 45.0 Å². The van der Waals surface area contributed by atoms with Gasteiger partial charge in [0.25, 0.3) is 29.5 Å². The predicted molar refractivity (Wildman–Crippen MR) is 511 cm³/mol. The van der Waals surface area contributed by atoms with E-state index >= 15 is 0 Å². The van der Waals surface area contributed by atoms with E-state index in [9.17, 15) is 28.8 Å². The Morgan fingerprint density at radius 3 is 0.985 bits per heavy atom. The maximum absolute atomic E-state index is 13.0. The number of nitrogens with one attached hydrogen (secondary N) is 5. The first-order chi connectivity index (χ1) is 63.2. The Labute approximate surface area is 757 Å². The van der Waals surface area contributed by atoms with Gasteiger partial charge in [0, 0.05) is 190 Å². The standard InChI is InChI=1S/C28H27N5O.C27H25N5O3.C25H27N5O2.C23H27N5O/c1-21-7-9-22(10-8-21)26-15-16-29-28(31-26)30-24-13-11-23(12-14-24)27(34)33-19-17-32(18-20-33)25-5-3-2-4-6-25;1-19-4-6-20(7-5-19)23-12-13-28-27(30-23)29-22-10-8-21(9-11-22)25(33)31-14-16-32(17-15-31)26(34)24-3-2-18-35-24;1-18-4-6-20(7-5-18)23-12-13-26-25(28-23)27-22-10-8-21(9-11-22)24(32)30-15-3-14-29(16-17-30)19(2)31;1-17-5-7-18(8-6-17)21-13-15-25-23(27-21)26-20-11-9-19(10-12-20)22(29)24-14-4-16-28(2)3/h2-16H,17-20H2,1H3,(H,29,30,31);2-13,18H,14-17H2,1H3,(H,28,29,30);4-13H,3,14-17H2,1-2H3,(H,26,27,28);5-13,15H,4,14,16H2,1-3H3,(H,24,29)(H,25,26,27). The molecular weight excluding hydrogens is 1630 g/mol. The molecular formula is C103H106N20O7. The average Bonchev–Trinajstić information content (AvgIpc) is 1.18. The van der Waals surface area contributed by atoms with Gasteiger partial charge in [-0.05, 0) is 207 Å². The molecule has 9 aromatic carbocycles. The molecule has 0 radical (unpaired) electrons. The van der Waals surface area contributed by atoms with E-state index in [1.165, 1.54) is 34.2 Å². The Kier molecular flexibility index (Phi) is 31.0. The van der Waals surface area contributed by atoms with Crippen LogP contribution in [0.15, 0.2) is 296 Å². The minimum Gasteiger partial charge on any atom is -0.459 e. The highest BCUT2D eigenvalue weighted by Crippen LogP contribution is 2.28. The van der Waals surface area contributed by atoms with Crippen LogP contribution in [0, 0.1) is 27.7 Å². The Morgan fingerprint density at radius 1 is 0.338 bits per heavy atom. The number of carbonyl (C=O) groups excluding carboxylic acids is 6. The van der Waals surface area contributed by atoms with Gasteiger partial charge in [-0.1, -0.05) is 138 Å². The number of rotatable bonds is 22. The van der Waals surface area contributed by atoms with Crippen LogP contribution in [-0.2, 0) is 4.79 Å². The van der Waals surface area contributed by atoms with Crippen molar-refractivity contribution in [3.05, 3.63) is 342 Å². The maximum Gasteiger partial charge on any atom is 0.289 e. The van der Waals surface area contributed by atoms with Gasteiger partial charge in [-0.15, -0.1) is 0 Å². The minimum atomic E-state index is -0.147. The highest BCUT2D eigenvalue weighted by atomic mass is 16.3. The van der Waals surface area contributed by atoms with E-state index in [2.05, 4.69) is 177 Å². The van der Waals surface area contributed by atoms with Crippen molar-refractivity contribution in [2.24, 2.45) is 0 Å². The lowest BCUT2D eigenvalue weighted by molar-refractivity contribution is -0.128. The summed E-state index contributed by atoms with van der Waals surface area (Å²) in [5.74, 6) is 2.19. The van der Waals surface area contributed by atoms with Gasteiger partial charge in [0.1, 0.15) is 0 Å². The molecule has 6 amide bonds. The zero-order chi connectivity index (χ0) is 90.7. The molecule has 0 spiro atoms. The van der Waals surface area contributed by atoms with Crippen molar-refractivity contribution in [3.63, 3.8) is 0 Å². The van der Waals surface area contributed by atoms with Gasteiger partial charge >= 0.3 is 0 Å². The van der Waals surface area contributed by atoms with Crippen LogP contribution in [0.4, 0.5) is 52.2 Å². The molecule has 130 heavy (non-hydrogen) atoms. The normalized spacial score (nSPS) is 13.0. The Bertz CT molecular complexity index is 6080. The van der Waals surface area contributed by atoms with Gasteiger partial charge in [-0.2, -0.15) is 0 Å². The predicted octanol–water partition coefficient (Wildman–Crippen LogP) is 17.3. The molecule has 5 N–H and O–H groups in total. The molecule has 660 valence electrons. The van der Waals surface area contributed by atoms with E-state index in [1.54, 1.807) is 82.8 Å². The van der Waals surface area contributed by atoms with E-state index in [4.69, 9.17) is 4.42 Å². The summed E-state index contributed by atoms with van der Waals surface area (Å²) < 4.78 is 5.19. The molecule has 0 atom stereocenters. The summed E-state index contributed by atoms with van der Waals surface area (Å²) in [7, 11) is 4.04. The van der Waals surface area contributed by atoms with Crippen LogP contribution in [0.1, 0.15) is 94.0 Å². The first kappa shape index (κ1) is 90.6. The number of aryl methyl sites for hydroxylation is 4. The SMILES string of the molecule is CC(=O)N1CCCN(C(=O)c2ccc(Nc3nccc(-c4ccc(C)cc4)n3)cc2)CC1.Cc1ccc(-c2ccnc(Nc3ccc(C(=O)N4CCN(C(=O)c5ccco5)CC4)cc3)n2)cc1.Cc1ccc(-c2ccnc(Nc3ccc(C(=O)N4CCN(c5ccccc5)CC4)cc3)n2)cc1.Cc1ccc(-c2ccnc(Nc3ccc(C(=O)NCCCN(C)C)cc3)n2)cc1. The summed E-state index contributed by atoms with van der Waals surface area (Å²) in [4.78, 5) is 124. The van der Waals surface area contributed by atoms with Crippen molar-refractivity contribution < 1.29 is 33.2 Å². The molecule has 3 fully saturated rings. The Balaban J connectivity index is 0.000000140. The highest BCUT2D eigenvalue weighted by molar-refractivity contribution is 5.97. The zero-order valence-electron chi connectivity index (χ0n) is 74.1. The number of piperazine rings is 2. The average molecular weight is 1740 g/mol. The first-order valence-electron chi connectivity index (χ1n) is 43.5.